The fourth-order valence-corrected chi connectivity index (χ4v) is 3.21. The Morgan fingerprint density at radius 2 is 2.00 bits per heavy atom. The van der Waals surface area contributed by atoms with Crippen LogP contribution in [0.4, 0.5) is 5.69 Å². The number of ketones is 1. The molecule has 114 valence electrons. The van der Waals surface area contributed by atoms with Crippen molar-refractivity contribution in [3.8, 4) is 11.3 Å². The number of carbonyl (C=O) groups is 1. The molecule has 1 heterocycles. The van der Waals surface area contributed by atoms with Crippen molar-refractivity contribution in [2.75, 3.05) is 5.32 Å². The number of fused-ring (bicyclic) bond motifs is 1. The summed E-state index contributed by atoms with van der Waals surface area (Å²) in [5.74, 6) is 0.631. The molecule has 3 rings (SSSR count). The van der Waals surface area contributed by atoms with E-state index in [0.717, 1.165) is 34.5 Å². The quantitative estimate of drug-likeness (QED) is 0.916. The lowest BCUT2D eigenvalue weighted by molar-refractivity contribution is 0.0954. The van der Waals surface area contributed by atoms with Gasteiger partial charge in [0.2, 0.25) is 0 Å². The summed E-state index contributed by atoms with van der Waals surface area (Å²) in [6, 6.07) is 10.3. The van der Waals surface area contributed by atoms with Crippen molar-refractivity contribution in [1.82, 2.24) is 4.98 Å². The fraction of sp³-hybridized carbons (Fsp3) is 0.368. The zero-order valence-corrected chi connectivity index (χ0v) is 13.4. The van der Waals surface area contributed by atoms with Crippen LogP contribution in [-0.2, 0) is 6.42 Å². The van der Waals surface area contributed by atoms with Crippen LogP contribution in [0.15, 0.2) is 36.5 Å². The van der Waals surface area contributed by atoms with E-state index in [9.17, 15) is 4.79 Å². The molecule has 1 atom stereocenters. The first-order chi connectivity index (χ1) is 10.6. The van der Waals surface area contributed by atoms with Gasteiger partial charge in [-0.1, -0.05) is 19.1 Å². The van der Waals surface area contributed by atoms with Gasteiger partial charge in [0.15, 0.2) is 5.78 Å². The number of benzene rings is 1. The molecule has 0 fully saturated rings. The van der Waals surface area contributed by atoms with Crippen molar-refractivity contribution in [3.05, 3.63) is 47.7 Å². The number of pyridine rings is 1. The third kappa shape index (κ3) is 2.76. The Bertz CT molecular complexity index is 692. The molecule has 1 N–H and O–H groups in total. The number of Topliss-reactive ketones (excluding diaryl/α,β-unsaturated/α-hetero) is 1. The van der Waals surface area contributed by atoms with Gasteiger partial charge in [0.05, 0.1) is 5.69 Å². The molecule has 1 aliphatic rings. The molecule has 0 spiro atoms. The second-order valence-corrected chi connectivity index (χ2v) is 6.46. The van der Waals surface area contributed by atoms with Crippen molar-refractivity contribution in [2.24, 2.45) is 5.92 Å². The molecule has 0 saturated carbocycles. The molecule has 0 bridgehead atoms. The lowest BCUT2D eigenvalue weighted by atomic mass is 9.80. The number of carbonyl (C=O) groups excluding carboxylic acids is 1. The smallest absolute Gasteiger partial charge is 0.165 e. The zero-order chi connectivity index (χ0) is 15.7. The molecular formula is C19H22N2O. The van der Waals surface area contributed by atoms with Crippen LogP contribution in [0.5, 0.6) is 0 Å². The summed E-state index contributed by atoms with van der Waals surface area (Å²) in [6.45, 7) is 6.33. The van der Waals surface area contributed by atoms with E-state index < -0.39 is 0 Å². The highest BCUT2D eigenvalue weighted by molar-refractivity contribution is 6.05. The Morgan fingerprint density at radius 3 is 2.68 bits per heavy atom. The standard InChI is InChI=1S/C19H22N2O/c1-12(2)21-17-8-7-14(16-6-4-5-9-20-16)15-10-13(3)11-18(22)19(15)17/h4-9,12-13,21H,10-11H2,1-3H3. The van der Waals surface area contributed by atoms with E-state index in [4.69, 9.17) is 0 Å². The van der Waals surface area contributed by atoms with Crippen LogP contribution in [0.3, 0.4) is 0 Å². The first-order valence-electron chi connectivity index (χ1n) is 7.93. The van der Waals surface area contributed by atoms with Gasteiger partial charge in [-0.25, -0.2) is 0 Å². The van der Waals surface area contributed by atoms with E-state index in [1.54, 1.807) is 6.20 Å². The maximum Gasteiger partial charge on any atom is 0.165 e. The van der Waals surface area contributed by atoms with Crippen molar-refractivity contribution in [1.29, 1.82) is 0 Å². The molecule has 3 nitrogen and oxygen atoms in total. The Morgan fingerprint density at radius 1 is 1.18 bits per heavy atom. The highest BCUT2D eigenvalue weighted by Gasteiger charge is 2.28. The Kier molecular flexibility index (Phi) is 3.97. The summed E-state index contributed by atoms with van der Waals surface area (Å²) in [7, 11) is 0. The maximum atomic E-state index is 12.6. The molecule has 1 aromatic heterocycles. The Labute approximate surface area is 131 Å². The molecule has 0 amide bonds. The van der Waals surface area contributed by atoms with Crippen LogP contribution in [0.1, 0.15) is 43.1 Å². The number of hydrogen-bond donors (Lipinski definition) is 1. The maximum absolute atomic E-state index is 12.6. The summed E-state index contributed by atoms with van der Waals surface area (Å²) in [6.07, 6.45) is 3.36. The molecule has 0 radical (unpaired) electrons. The van der Waals surface area contributed by atoms with Crippen LogP contribution in [0.2, 0.25) is 0 Å². The van der Waals surface area contributed by atoms with E-state index in [2.05, 4.69) is 37.1 Å². The number of hydrogen-bond acceptors (Lipinski definition) is 3. The molecule has 2 aromatic rings. The average molecular weight is 294 g/mol. The van der Waals surface area contributed by atoms with Crippen LogP contribution < -0.4 is 5.32 Å². The second kappa shape index (κ2) is 5.91. The van der Waals surface area contributed by atoms with Gasteiger partial charge in [-0.3, -0.25) is 9.78 Å². The minimum Gasteiger partial charge on any atom is -0.382 e. The molecule has 1 aromatic carbocycles. The van der Waals surface area contributed by atoms with E-state index >= 15 is 0 Å². The zero-order valence-electron chi connectivity index (χ0n) is 13.4. The highest BCUT2D eigenvalue weighted by Crippen LogP contribution is 2.37. The molecule has 1 aliphatic carbocycles. The van der Waals surface area contributed by atoms with Crippen LogP contribution in [0.25, 0.3) is 11.3 Å². The third-order valence-electron chi connectivity index (χ3n) is 4.06. The number of nitrogens with one attached hydrogen (secondary N) is 1. The average Bonchev–Trinajstić information content (AvgIpc) is 2.47. The molecule has 0 aliphatic heterocycles. The normalized spacial score (nSPS) is 17.5. The van der Waals surface area contributed by atoms with Gasteiger partial charge in [0.25, 0.3) is 0 Å². The summed E-state index contributed by atoms with van der Waals surface area (Å²) in [5.41, 5.74) is 5.01. The van der Waals surface area contributed by atoms with Gasteiger partial charge < -0.3 is 5.32 Å². The number of anilines is 1. The summed E-state index contributed by atoms with van der Waals surface area (Å²) in [4.78, 5) is 17.1. The number of rotatable bonds is 3. The van der Waals surface area contributed by atoms with Gasteiger partial charge in [-0.15, -0.1) is 0 Å². The minimum absolute atomic E-state index is 0.245. The van der Waals surface area contributed by atoms with Gasteiger partial charge in [0, 0.05) is 35.5 Å². The third-order valence-corrected chi connectivity index (χ3v) is 4.06. The van der Waals surface area contributed by atoms with Gasteiger partial charge >= 0.3 is 0 Å². The van der Waals surface area contributed by atoms with Crippen LogP contribution in [-0.4, -0.2) is 16.8 Å². The Balaban J connectivity index is 2.18. The number of nitrogens with zero attached hydrogens (tertiary/aromatic N) is 1. The number of aromatic nitrogens is 1. The van der Waals surface area contributed by atoms with E-state index in [-0.39, 0.29) is 5.78 Å². The van der Waals surface area contributed by atoms with E-state index in [0.29, 0.717) is 18.4 Å². The van der Waals surface area contributed by atoms with Crippen molar-refractivity contribution < 1.29 is 4.79 Å². The largest absolute Gasteiger partial charge is 0.382 e. The summed E-state index contributed by atoms with van der Waals surface area (Å²) < 4.78 is 0. The predicted octanol–water partition coefficient (Wildman–Crippen LogP) is 4.33. The van der Waals surface area contributed by atoms with Crippen molar-refractivity contribution >= 4 is 11.5 Å². The molecular weight excluding hydrogens is 272 g/mol. The molecule has 3 heteroatoms. The minimum atomic E-state index is 0.245. The fourth-order valence-electron chi connectivity index (χ4n) is 3.21. The Hall–Kier alpha value is -2.16. The predicted molar refractivity (Wildman–Crippen MR) is 90.2 cm³/mol. The molecule has 22 heavy (non-hydrogen) atoms. The summed E-state index contributed by atoms with van der Waals surface area (Å²) >= 11 is 0. The molecule has 1 unspecified atom stereocenters. The van der Waals surface area contributed by atoms with E-state index in [1.165, 1.54) is 0 Å². The molecule has 0 saturated heterocycles. The van der Waals surface area contributed by atoms with Gasteiger partial charge in [-0.05, 0) is 49.9 Å². The topological polar surface area (TPSA) is 42.0 Å². The van der Waals surface area contributed by atoms with E-state index in [1.807, 2.05) is 24.3 Å². The van der Waals surface area contributed by atoms with Gasteiger partial charge in [0.1, 0.15) is 0 Å². The highest BCUT2D eigenvalue weighted by atomic mass is 16.1. The first kappa shape index (κ1) is 14.8. The SMILES string of the molecule is CC1CC(=O)c2c(NC(C)C)ccc(-c3ccccn3)c2C1. The lowest BCUT2D eigenvalue weighted by Crippen LogP contribution is -2.22. The second-order valence-electron chi connectivity index (χ2n) is 6.46. The van der Waals surface area contributed by atoms with Crippen molar-refractivity contribution in [2.45, 2.75) is 39.7 Å². The van der Waals surface area contributed by atoms with Gasteiger partial charge in [-0.2, -0.15) is 0 Å². The lowest BCUT2D eigenvalue weighted by Gasteiger charge is -2.26. The monoisotopic (exact) mass is 294 g/mol. The van der Waals surface area contributed by atoms with Crippen LogP contribution in [0, 0.1) is 5.92 Å². The first-order valence-corrected chi connectivity index (χ1v) is 7.93. The van der Waals surface area contributed by atoms with Crippen LogP contribution >= 0.6 is 0 Å². The van der Waals surface area contributed by atoms with Crippen molar-refractivity contribution in [3.63, 3.8) is 0 Å². The summed E-state index contributed by atoms with van der Waals surface area (Å²) in [5, 5.41) is 3.42.